The summed E-state index contributed by atoms with van der Waals surface area (Å²) in [5, 5.41) is 1.80. The van der Waals surface area contributed by atoms with Crippen molar-refractivity contribution < 1.29 is 13.2 Å². The second-order valence-corrected chi connectivity index (χ2v) is 5.16. The third-order valence-corrected chi connectivity index (χ3v) is 3.87. The maximum Gasteiger partial charge on any atom is 0.416 e. The molecule has 0 amide bonds. The Bertz CT molecular complexity index is 545. The van der Waals surface area contributed by atoms with Crippen LogP contribution in [0.25, 0.3) is 11.1 Å². The second-order valence-electron chi connectivity index (χ2n) is 3.68. The topological polar surface area (TPSA) is 26.0 Å². The van der Waals surface area contributed by atoms with E-state index in [1.165, 1.54) is 23.5 Å². The Morgan fingerprint density at radius 3 is 2.28 bits per heavy atom. The molecular weight excluding hydrogens is 283 g/mol. The highest BCUT2D eigenvalue weighted by atomic mass is 35.5. The predicted molar refractivity (Wildman–Crippen MR) is 67.7 cm³/mol. The quantitative estimate of drug-likeness (QED) is 0.863. The molecular formula is C12H9ClF3NS. The molecule has 18 heavy (non-hydrogen) atoms. The SMILES string of the molecule is NCc1c(-c2ccc(C(F)(F)F)cc2)csc1Cl. The summed E-state index contributed by atoms with van der Waals surface area (Å²) >= 11 is 7.28. The Balaban J connectivity index is 2.40. The van der Waals surface area contributed by atoms with E-state index in [2.05, 4.69) is 0 Å². The van der Waals surface area contributed by atoms with Crippen LogP contribution in [0.5, 0.6) is 0 Å². The van der Waals surface area contributed by atoms with Crippen LogP contribution in [0, 0.1) is 0 Å². The molecule has 6 heteroatoms. The summed E-state index contributed by atoms with van der Waals surface area (Å²) in [6.45, 7) is 0.263. The Morgan fingerprint density at radius 1 is 1.17 bits per heavy atom. The molecule has 0 aliphatic heterocycles. The van der Waals surface area contributed by atoms with Gasteiger partial charge in [-0.2, -0.15) is 13.2 Å². The van der Waals surface area contributed by atoms with E-state index in [0.717, 1.165) is 23.3 Å². The van der Waals surface area contributed by atoms with Crippen molar-refractivity contribution in [3.8, 4) is 11.1 Å². The zero-order valence-corrected chi connectivity index (χ0v) is 10.7. The van der Waals surface area contributed by atoms with Crippen LogP contribution in [0.3, 0.4) is 0 Å². The summed E-state index contributed by atoms with van der Waals surface area (Å²) in [6.07, 6.45) is -4.32. The number of hydrogen-bond donors (Lipinski definition) is 1. The van der Waals surface area contributed by atoms with E-state index >= 15 is 0 Å². The summed E-state index contributed by atoms with van der Waals surface area (Å²) in [6, 6.07) is 4.98. The van der Waals surface area contributed by atoms with Crippen molar-refractivity contribution in [2.24, 2.45) is 5.73 Å². The van der Waals surface area contributed by atoms with Gasteiger partial charge in [0.25, 0.3) is 0 Å². The zero-order valence-electron chi connectivity index (χ0n) is 9.09. The minimum atomic E-state index is -4.32. The third-order valence-electron chi connectivity index (χ3n) is 2.57. The van der Waals surface area contributed by atoms with Gasteiger partial charge in [-0.3, -0.25) is 0 Å². The van der Waals surface area contributed by atoms with Crippen molar-refractivity contribution in [1.29, 1.82) is 0 Å². The first-order valence-electron chi connectivity index (χ1n) is 5.07. The summed E-state index contributed by atoms with van der Waals surface area (Å²) in [4.78, 5) is 0. The molecule has 0 bridgehead atoms. The monoisotopic (exact) mass is 291 g/mol. The van der Waals surface area contributed by atoms with Crippen molar-refractivity contribution in [3.05, 3.63) is 45.1 Å². The lowest BCUT2D eigenvalue weighted by molar-refractivity contribution is -0.137. The normalized spacial score (nSPS) is 11.8. The van der Waals surface area contributed by atoms with E-state index in [1.54, 1.807) is 5.38 Å². The van der Waals surface area contributed by atoms with E-state index in [-0.39, 0.29) is 6.54 Å². The van der Waals surface area contributed by atoms with Crippen LogP contribution in [-0.4, -0.2) is 0 Å². The lowest BCUT2D eigenvalue weighted by Gasteiger charge is -2.08. The Hall–Kier alpha value is -1.04. The third kappa shape index (κ3) is 2.53. The minimum absolute atomic E-state index is 0.263. The molecule has 96 valence electrons. The Labute approximate surface area is 111 Å². The van der Waals surface area contributed by atoms with Gasteiger partial charge in [0.2, 0.25) is 0 Å². The number of nitrogens with two attached hydrogens (primary N) is 1. The standard InChI is InChI=1S/C12H9ClF3NS/c13-11-9(5-17)10(6-18-11)7-1-3-8(4-2-7)12(14,15)16/h1-4,6H,5,17H2. The van der Waals surface area contributed by atoms with Gasteiger partial charge < -0.3 is 5.73 Å². The minimum Gasteiger partial charge on any atom is -0.326 e. The van der Waals surface area contributed by atoms with Crippen LogP contribution < -0.4 is 5.73 Å². The predicted octanol–water partition coefficient (Wildman–Crippen LogP) is 4.55. The van der Waals surface area contributed by atoms with E-state index in [0.29, 0.717) is 9.90 Å². The largest absolute Gasteiger partial charge is 0.416 e. The van der Waals surface area contributed by atoms with Crippen molar-refractivity contribution >= 4 is 22.9 Å². The van der Waals surface area contributed by atoms with Gasteiger partial charge in [0.1, 0.15) is 0 Å². The molecule has 0 atom stereocenters. The molecule has 0 fully saturated rings. The number of alkyl halides is 3. The van der Waals surface area contributed by atoms with Gasteiger partial charge in [0.05, 0.1) is 9.90 Å². The van der Waals surface area contributed by atoms with Gasteiger partial charge in [-0.1, -0.05) is 23.7 Å². The van der Waals surface area contributed by atoms with Crippen LogP contribution in [0.15, 0.2) is 29.6 Å². The van der Waals surface area contributed by atoms with Crippen LogP contribution in [0.4, 0.5) is 13.2 Å². The Morgan fingerprint density at radius 2 is 1.78 bits per heavy atom. The maximum atomic E-state index is 12.4. The van der Waals surface area contributed by atoms with E-state index < -0.39 is 11.7 Å². The lowest BCUT2D eigenvalue weighted by atomic mass is 10.0. The van der Waals surface area contributed by atoms with Crippen LogP contribution in [0.2, 0.25) is 4.34 Å². The first-order valence-corrected chi connectivity index (χ1v) is 6.33. The summed E-state index contributed by atoms with van der Waals surface area (Å²) in [5.41, 5.74) is 7.15. The summed E-state index contributed by atoms with van der Waals surface area (Å²) in [5.74, 6) is 0. The first kappa shape index (κ1) is 13.4. The molecule has 1 aromatic heterocycles. The summed E-state index contributed by atoms with van der Waals surface area (Å²) in [7, 11) is 0. The van der Waals surface area contributed by atoms with Gasteiger partial charge in [-0.15, -0.1) is 11.3 Å². The molecule has 0 radical (unpaired) electrons. The van der Waals surface area contributed by atoms with Gasteiger partial charge in [-0.25, -0.2) is 0 Å². The lowest BCUT2D eigenvalue weighted by Crippen LogP contribution is -2.04. The second kappa shape index (κ2) is 4.91. The van der Waals surface area contributed by atoms with E-state index in [9.17, 15) is 13.2 Å². The van der Waals surface area contributed by atoms with E-state index in [4.69, 9.17) is 17.3 Å². The molecule has 2 aromatic rings. The van der Waals surface area contributed by atoms with Crippen molar-refractivity contribution in [2.45, 2.75) is 12.7 Å². The molecule has 2 rings (SSSR count). The fourth-order valence-electron chi connectivity index (χ4n) is 1.63. The number of halogens is 4. The van der Waals surface area contributed by atoms with Crippen LogP contribution >= 0.6 is 22.9 Å². The number of thiophene rings is 1. The zero-order chi connectivity index (χ0) is 13.3. The molecule has 0 aliphatic rings. The molecule has 0 aliphatic carbocycles. The number of hydrogen-bond acceptors (Lipinski definition) is 2. The van der Waals surface area contributed by atoms with Gasteiger partial charge in [-0.05, 0) is 23.3 Å². The molecule has 0 unspecified atom stereocenters. The van der Waals surface area contributed by atoms with Gasteiger partial charge in [0.15, 0.2) is 0 Å². The summed E-state index contributed by atoms with van der Waals surface area (Å²) < 4.78 is 37.9. The van der Waals surface area contributed by atoms with Crippen LogP contribution in [-0.2, 0) is 12.7 Å². The molecule has 1 heterocycles. The molecule has 1 nitrogen and oxygen atoms in total. The highest BCUT2D eigenvalue weighted by molar-refractivity contribution is 7.15. The fourth-order valence-corrected chi connectivity index (χ4v) is 2.78. The van der Waals surface area contributed by atoms with Gasteiger partial charge in [0, 0.05) is 17.5 Å². The molecule has 0 spiro atoms. The average molecular weight is 292 g/mol. The van der Waals surface area contributed by atoms with Crippen molar-refractivity contribution in [1.82, 2.24) is 0 Å². The van der Waals surface area contributed by atoms with E-state index in [1.807, 2.05) is 0 Å². The molecule has 0 saturated heterocycles. The first-order chi connectivity index (χ1) is 8.43. The number of rotatable bonds is 2. The smallest absolute Gasteiger partial charge is 0.326 e. The molecule has 0 saturated carbocycles. The average Bonchev–Trinajstić information content (AvgIpc) is 2.69. The van der Waals surface area contributed by atoms with Crippen LogP contribution in [0.1, 0.15) is 11.1 Å². The van der Waals surface area contributed by atoms with Crippen molar-refractivity contribution in [3.63, 3.8) is 0 Å². The maximum absolute atomic E-state index is 12.4. The molecule has 2 N–H and O–H groups in total. The number of benzene rings is 1. The highest BCUT2D eigenvalue weighted by Crippen LogP contribution is 2.36. The highest BCUT2D eigenvalue weighted by Gasteiger charge is 2.30. The molecule has 1 aromatic carbocycles. The fraction of sp³-hybridized carbons (Fsp3) is 0.167. The van der Waals surface area contributed by atoms with Crippen molar-refractivity contribution in [2.75, 3.05) is 0 Å². The Kier molecular flexibility index (Phi) is 3.66. The van der Waals surface area contributed by atoms with Gasteiger partial charge >= 0.3 is 6.18 Å².